The number of ether oxygens (including phenoxy) is 1. The number of thioether (sulfide) groups is 1. The van der Waals surface area contributed by atoms with Gasteiger partial charge in [0.2, 0.25) is 0 Å². The Morgan fingerprint density at radius 3 is 2.96 bits per heavy atom. The number of aliphatic hydroxyl groups is 1. The standard InChI is InChI=1S/C18H29N3O2S.HI/c1-4-16-13-21(9-10-24-16)18(19-5-2)20-12-17(22)14-7-6-8-15(11-14)23-3;/h6-8,11,16-17,22H,4-5,9-10,12-13H2,1-3H3,(H,19,20);1H. The summed E-state index contributed by atoms with van der Waals surface area (Å²) < 4.78 is 5.22. The van der Waals surface area contributed by atoms with E-state index < -0.39 is 6.10 Å². The number of hydrogen-bond acceptors (Lipinski definition) is 4. The van der Waals surface area contributed by atoms with Gasteiger partial charge in [-0.1, -0.05) is 19.1 Å². The van der Waals surface area contributed by atoms with Crippen LogP contribution in [0.2, 0.25) is 0 Å². The van der Waals surface area contributed by atoms with Crippen molar-refractivity contribution in [1.82, 2.24) is 10.2 Å². The third-order valence-electron chi connectivity index (χ3n) is 4.12. The van der Waals surface area contributed by atoms with E-state index in [-0.39, 0.29) is 24.0 Å². The van der Waals surface area contributed by atoms with Crippen molar-refractivity contribution < 1.29 is 9.84 Å². The second kappa shape index (κ2) is 11.9. The highest BCUT2D eigenvalue weighted by molar-refractivity contribution is 14.0. The first-order valence-corrected chi connectivity index (χ1v) is 9.69. The first-order valence-electron chi connectivity index (χ1n) is 8.64. The van der Waals surface area contributed by atoms with Crippen LogP contribution in [0.4, 0.5) is 0 Å². The molecule has 7 heteroatoms. The maximum Gasteiger partial charge on any atom is 0.194 e. The highest BCUT2D eigenvalue weighted by atomic mass is 127. The lowest BCUT2D eigenvalue weighted by molar-refractivity contribution is 0.186. The van der Waals surface area contributed by atoms with Crippen molar-refractivity contribution in [2.45, 2.75) is 31.6 Å². The quantitative estimate of drug-likeness (QED) is 0.373. The lowest BCUT2D eigenvalue weighted by Crippen LogP contribution is -2.48. The molecule has 1 aromatic carbocycles. The molecule has 0 amide bonds. The summed E-state index contributed by atoms with van der Waals surface area (Å²) >= 11 is 2.04. The van der Waals surface area contributed by atoms with Crippen LogP contribution in [0.5, 0.6) is 5.75 Å². The fourth-order valence-corrected chi connectivity index (χ4v) is 3.89. The van der Waals surface area contributed by atoms with Crippen LogP contribution < -0.4 is 10.1 Å². The Kier molecular flexibility index (Phi) is 10.6. The van der Waals surface area contributed by atoms with Crippen molar-refractivity contribution in [2.24, 2.45) is 4.99 Å². The molecule has 1 aliphatic rings. The van der Waals surface area contributed by atoms with Crippen molar-refractivity contribution in [2.75, 3.05) is 39.0 Å². The number of halogens is 1. The molecule has 0 bridgehead atoms. The number of benzene rings is 1. The average Bonchev–Trinajstić information content (AvgIpc) is 2.64. The van der Waals surface area contributed by atoms with Gasteiger partial charge in [0.05, 0.1) is 19.8 Å². The zero-order valence-electron chi connectivity index (χ0n) is 15.3. The minimum absolute atomic E-state index is 0. The fourth-order valence-electron chi connectivity index (χ4n) is 2.71. The van der Waals surface area contributed by atoms with E-state index in [4.69, 9.17) is 4.74 Å². The van der Waals surface area contributed by atoms with Crippen molar-refractivity contribution in [3.63, 3.8) is 0 Å². The Morgan fingerprint density at radius 2 is 2.28 bits per heavy atom. The van der Waals surface area contributed by atoms with E-state index in [0.29, 0.717) is 11.8 Å². The number of guanidine groups is 1. The predicted molar refractivity (Wildman–Crippen MR) is 117 cm³/mol. The zero-order chi connectivity index (χ0) is 17.4. The highest BCUT2D eigenvalue weighted by Gasteiger charge is 2.21. The molecule has 1 aromatic rings. The van der Waals surface area contributed by atoms with Crippen LogP contribution in [-0.2, 0) is 0 Å². The van der Waals surface area contributed by atoms with Crippen LogP contribution in [-0.4, -0.2) is 60.3 Å². The summed E-state index contributed by atoms with van der Waals surface area (Å²) in [6.07, 6.45) is 0.544. The minimum atomic E-state index is -0.630. The van der Waals surface area contributed by atoms with Gasteiger partial charge in [0, 0.05) is 30.6 Å². The Hall–Kier alpha value is -0.670. The monoisotopic (exact) mass is 479 g/mol. The zero-order valence-corrected chi connectivity index (χ0v) is 18.4. The molecule has 1 fully saturated rings. The van der Waals surface area contributed by atoms with Crippen molar-refractivity contribution in [3.8, 4) is 5.75 Å². The highest BCUT2D eigenvalue weighted by Crippen LogP contribution is 2.22. The number of aliphatic imine (C=N–C) groups is 1. The van der Waals surface area contributed by atoms with Crippen LogP contribution in [0.15, 0.2) is 29.3 Å². The van der Waals surface area contributed by atoms with Crippen molar-refractivity contribution in [3.05, 3.63) is 29.8 Å². The molecule has 25 heavy (non-hydrogen) atoms. The van der Waals surface area contributed by atoms with Gasteiger partial charge in [0.1, 0.15) is 5.75 Å². The normalized spacial score (nSPS) is 19.1. The van der Waals surface area contributed by atoms with E-state index in [1.807, 2.05) is 36.0 Å². The van der Waals surface area contributed by atoms with Gasteiger partial charge in [0.15, 0.2) is 5.96 Å². The SMILES string of the molecule is CCNC(=NCC(O)c1cccc(OC)c1)N1CCSC(CC)C1.I. The van der Waals surface area contributed by atoms with Gasteiger partial charge >= 0.3 is 0 Å². The number of aliphatic hydroxyl groups excluding tert-OH is 1. The molecule has 1 aliphatic heterocycles. The number of methoxy groups -OCH3 is 1. The largest absolute Gasteiger partial charge is 0.497 e. The summed E-state index contributed by atoms with van der Waals surface area (Å²) in [7, 11) is 1.63. The lowest BCUT2D eigenvalue weighted by Gasteiger charge is -2.34. The van der Waals surface area contributed by atoms with Crippen LogP contribution in [0.1, 0.15) is 31.9 Å². The van der Waals surface area contributed by atoms with Crippen LogP contribution in [0.25, 0.3) is 0 Å². The molecule has 1 saturated heterocycles. The summed E-state index contributed by atoms with van der Waals surface area (Å²) in [6, 6.07) is 7.53. The van der Waals surface area contributed by atoms with E-state index in [0.717, 1.165) is 42.7 Å². The third-order valence-corrected chi connectivity index (χ3v) is 5.49. The maximum atomic E-state index is 10.4. The van der Waals surface area contributed by atoms with Gasteiger partial charge in [0.25, 0.3) is 0 Å². The Labute approximate surface area is 172 Å². The summed E-state index contributed by atoms with van der Waals surface area (Å²) in [4.78, 5) is 6.98. The molecular weight excluding hydrogens is 449 g/mol. The van der Waals surface area contributed by atoms with E-state index in [2.05, 4.69) is 29.1 Å². The number of hydrogen-bond donors (Lipinski definition) is 2. The molecule has 0 aromatic heterocycles. The van der Waals surface area contributed by atoms with Crippen molar-refractivity contribution in [1.29, 1.82) is 0 Å². The van der Waals surface area contributed by atoms with Gasteiger partial charge in [-0.15, -0.1) is 24.0 Å². The minimum Gasteiger partial charge on any atom is -0.497 e. The van der Waals surface area contributed by atoms with Crippen LogP contribution in [0.3, 0.4) is 0 Å². The summed E-state index contributed by atoms with van der Waals surface area (Å²) in [5, 5.41) is 14.5. The molecule has 2 rings (SSSR count). The summed E-state index contributed by atoms with van der Waals surface area (Å²) in [5.41, 5.74) is 0.828. The van der Waals surface area contributed by atoms with E-state index in [1.54, 1.807) is 7.11 Å². The molecule has 0 saturated carbocycles. The van der Waals surface area contributed by atoms with E-state index in [1.165, 1.54) is 6.42 Å². The third kappa shape index (κ3) is 6.86. The molecule has 0 radical (unpaired) electrons. The smallest absolute Gasteiger partial charge is 0.194 e. The summed E-state index contributed by atoms with van der Waals surface area (Å²) in [5.74, 6) is 2.78. The molecule has 5 nitrogen and oxygen atoms in total. The molecule has 1 heterocycles. The molecule has 0 aliphatic carbocycles. The molecule has 142 valence electrons. The number of nitrogens with one attached hydrogen (secondary N) is 1. The molecule has 2 N–H and O–H groups in total. The first kappa shape index (κ1) is 22.4. The van der Waals surface area contributed by atoms with Crippen LogP contribution >= 0.6 is 35.7 Å². The Bertz CT molecular complexity index is 545. The topological polar surface area (TPSA) is 57.1 Å². The second-order valence-corrected chi connectivity index (χ2v) is 7.24. The number of rotatable bonds is 6. The Morgan fingerprint density at radius 1 is 1.48 bits per heavy atom. The van der Waals surface area contributed by atoms with Gasteiger partial charge in [-0.05, 0) is 31.0 Å². The van der Waals surface area contributed by atoms with Crippen LogP contribution in [0, 0.1) is 0 Å². The maximum absolute atomic E-state index is 10.4. The van der Waals surface area contributed by atoms with E-state index >= 15 is 0 Å². The number of nitrogens with zero attached hydrogens (tertiary/aromatic N) is 2. The van der Waals surface area contributed by atoms with Crippen molar-refractivity contribution >= 4 is 41.7 Å². The second-order valence-electron chi connectivity index (χ2n) is 5.83. The molecule has 2 atom stereocenters. The molecule has 0 spiro atoms. The van der Waals surface area contributed by atoms with E-state index in [9.17, 15) is 5.11 Å². The molecule has 2 unspecified atom stereocenters. The summed E-state index contributed by atoms with van der Waals surface area (Å²) in [6.45, 7) is 7.50. The average molecular weight is 479 g/mol. The molecular formula is C18H30IN3O2S. The Balaban J connectivity index is 0.00000312. The van der Waals surface area contributed by atoms with Gasteiger partial charge in [-0.2, -0.15) is 11.8 Å². The predicted octanol–water partition coefficient (Wildman–Crippen LogP) is 3.14. The lowest BCUT2D eigenvalue weighted by atomic mass is 10.1. The van der Waals surface area contributed by atoms with Gasteiger partial charge in [-0.3, -0.25) is 4.99 Å². The fraction of sp³-hybridized carbons (Fsp3) is 0.611. The van der Waals surface area contributed by atoms with Gasteiger partial charge in [-0.25, -0.2) is 0 Å². The first-order chi connectivity index (χ1) is 11.7. The van der Waals surface area contributed by atoms with Gasteiger partial charge < -0.3 is 20.1 Å².